The molecule has 1 saturated heterocycles. The summed E-state index contributed by atoms with van der Waals surface area (Å²) in [6.07, 6.45) is -1.13. The van der Waals surface area contributed by atoms with Crippen molar-refractivity contribution in [1.29, 1.82) is 0 Å². The number of hydrogen-bond donors (Lipinski definition) is 1. The van der Waals surface area contributed by atoms with E-state index in [0.717, 1.165) is 6.07 Å². The van der Waals surface area contributed by atoms with Crippen molar-refractivity contribution < 1.29 is 31.1 Å². The van der Waals surface area contributed by atoms with Gasteiger partial charge in [-0.25, -0.2) is 26.4 Å². The van der Waals surface area contributed by atoms with E-state index < -0.39 is 46.8 Å². The lowest BCUT2D eigenvalue weighted by Gasteiger charge is -2.26. The van der Waals surface area contributed by atoms with Crippen LogP contribution in [0, 0.1) is 5.82 Å². The average molecular weight is 540 g/mol. The molecule has 0 aliphatic carbocycles. The van der Waals surface area contributed by atoms with Crippen molar-refractivity contribution in [3.8, 4) is 16.9 Å². The van der Waals surface area contributed by atoms with E-state index in [1.54, 1.807) is 0 Å². The molecule has 186 valence electrons. The fourth-order valence-corrected chi connectivity index (χ4v) is 5.91. The van der Waals surface area contributed by atoms with Crippen LogP contribution in [0.2, 0.25) is 10.0 Å². The fraction of sp³-hybridized carbons (Fsp3) is 0.429. The molecular weight excluding hydrogens is 518 g/mol. The van der Waals surface area contributed by atoms with Crippen LogP contribution in [0.3, 0.4) is 0 Å². The molecular formula is C21H22Cl2F3N3O4S. The number of amides is 2. The Bertz CT molecular complexity index is 1180. The Balaban J connectivity index is 1.79. The maximum atomic E-state index is 15.0. The summed E-state index contributed by atoms with van der Waals surface area (Å²) < 4.78 is 68.7. The zero-order chi connectivity index (χ0) is 25.2. The van der Waals surface area contributed by atoms with E-state index in [2.05, 4.69) is 10.3 Å². The van der Waals surface area contributed by atoms with Crippen molar-refractivity contribution in [1.82, 2.24) is 15.2 Å². The summed E-state index contributed by atoms with van der Waals surface area (Å²) in [6, 6.07) is 1.94. The van der Waals surface area contributed by atoms with Crippen molar-refractivity contribution >= 4 is 39.1 Å². The van der Waals surface area contributed by atoms with Crippen LogP contribution in [0.1, 0.15) is 25.1 Å². The Hall–Kier alpha value is -2.24. The highest BCUT2D eigenvalue weighted by molar-refractivity contribution is 7.91. The highest BCUT2D eigenvalue weighted by Crippen LogP contribution is 2.39. The lowest BCUT2D eigenvalue weighted by Crippen LogP contribution is -2.45. The van der Waals surface area contributed by atoms with E-state index in [9.17, 15) is 26.4 Å². The maximum absolute atomic E-state index is 15.0. The molecule has 1 aromatic heterocycles. The Morgan fingerprint density at radius 3 is 2.62 bits per heavy atom. The summed E-state index contributed by atoms with van der Waals surface area (Å²) in [7, 11) is -1.70. The molecule has 0 spiro atoms. The van der Waals surface area contributed by atoms with Gasteiger partial charge in [-0.2, -0.15) is 0 Å². The second kappa shape index (κ2) is 10.6. The van der Waals surface area contributed by atoms with Crippen LogP contribution in [-0.2, 0) is 9.84 Å². The highest BCUT2D eigenvalue weighted by atomic mass is 35.5. The van der Waals surface area contributed by atoms with Gasteiger partial charge in [-0.15, -0.1) is 0 Å². The molecule has 1 fully saturated rings. The zero-order valence-corrected chi connectivity index (χ0v) is 20.5. The molecule has 2 aromatic rings. The molecule has 0 bridgehead atoms. The smallest absolute Gasteiger partial charge is 0.317 e. The molecule has 3 rings (SSSR count). The van der Waals surface area contributed by atoms with E-state index in [1.165, 1.54) is 37.2 Å². The molecule has 1 N–H and O–H groups in total. The van der Waals surface area contributed by atoms with E-state index in [4.69, 9.17) is 27.9 Å². The number of nitrogens with zero attached hydrogens (tertiary/aromatic N) is 2. The number of halogens is 5. The molecule has 2 heterocycles. The number of nitrogens with one attached hydrogen (secondary N) is 1. The number of carbonyl (C=O) groups is 1. The van der Waals surface area contributed by atoms with Gasteiger partial charge in [-0.3, -0.25) is 4.98 Å². The van der Waals surface area contributed by atoms with E-state index in [-0.39, 0.29) is 44.1 Å². The third-order valence-corrected chi connectivity index (χ3v) is 7.62. The fourth-order valence-electron chi connectivity index (χ4n) is 3.58. The normalized spacial score (nSPS) is 18.1. The number of sulfone groups is 1. The summed E-state index contributed by atoms with van der Waals surface area (Å²) >= 11 is 12.1. The van der Waals surface area contributed by atoms with Crippen LogP contribution in [-0.4, -0.2) is 62.0 Å². The lowest BCUT2D eigenvalue weighted by atomic mass is 10.0. The first-order valence-electron chi connectivity index (χ1n) is 10.2. The largest absolute Gasteiger partial charge is 0.485 e. The molecule has 7 nitrogen and oxygen atoms in total. The maximum Gasteiger partial charge on any atom is 0.317 e. The molecule has 2 amide bonds. The van der Waals surface area contributed by atoms with Crippen molar-refractivity contribution in [3.63, 3.8) is 0 Å². The lowest BCUT2D eigenvalue weighted by molar-refractivity contribution is 0.0822. The van der Waals surface area contributed by atoms with E-state index in [1.807, 2.05) is 0 Å². The topological polar surface area (TPSA) is 88.6 Å². The molecule has 0 saturated carbocycles. The quantitative estimate of drug-likeness (QED) is 0.549. The number of pyridine rings is 1. The summed E-state index contributed by atoms with van der Waals surface area (Å²) in [6.45, 7) is 0.608. The molecule has 2 atom stereocenters. The van der Waals surface area contributed by atoms with Crippen molar-refractivity contribution in [2.24, 2.45) is 0 Å². The average Bonchev–Trinajstić information content (AvgIpc) is 3.11. The van der Waals surface area contributed by atoms with Gasteiger partial charge in [-0.1, -0.05) is 23.2 Å². The SMILES string of the molecule is C[C@@H](NC(=O)N(C)C1CCS(=O)(=O)C1)c1ncc(-c2cc(Cl)cc(Cl)c2OCC(F)F)cc1F. The second-order valence-corrected chi connectivity index (χ2v) is 11.0. The van der Waals surface area contributed by atoms with Gasteiger partial charge in [0.2, 0.25) is 0 Å². The number of carbonyl (C=O) groups excluding carboxylic acids is 1. The molecule has 0 radical (unpaired) electrons. The van der Waals surface area contributed by atoms with Gasteiger partial charge in [0.05, 0.1) is 28.3 Å². The number of urea groups is 1. The predicted octanol–water partition coefficient (Wildman–Crippen LogP) is 4.73. The van der Waals surface area contributed by atoms with Crippen LogP contribution < -0.4 is 10.1 Å². The number of aromatic nitrogens is 1. The van der Waals surface area contributed by atoms with Crippen molar-refractivity contribution in [2.75, 3.05) is 25.2 Å². The monoisotopic (exact) mass is 539 g/mol. The van der Waals surface area contributed by atoms with Crippen molar-refractivity contribution in [2.45, 2.75) is 31.9 Å². The standard InChI is InChI=1S/C21H22Cl2F3N3O4S/c1-11(28-21(30)29(2)14-3-4-34(31,32)10-14)19-17(24)5-12(8-27-19)15-6-13(22)7-16(23)20(15)33-9-18(25)26/h5-8,11,14,18H,3-4,9-10H2,1-2H3,(H,28,30)/t11-,14?/m1/s1. The Morgan fingerprint density at radius 2 is 2.03 bits per heavy atom. The molecule has 34 heavy (non-hydrogen) atoms. The van der Waals surface area contributed by atoms with Gasteiger partial charge >= 0.3 is 6.03 Å². The summed E-state index contributed by atoms with van der Waals surface area (Å²) in [5.74, 6) is -0.967. The number of alkyl halides is 2. The van der Waals surface area contributed by atoms with Crippen molar-refractivity contribution in [3.05, 3.63) is 46.0 Å². The van der Waals surface area contributed by atoms with Gasteiger partial charge in [0, 0.05) is 35.4 Å². The number of rotatable bonds is 7. The van der Waals surface area contributed by atoms with E-state index >= 15 is 0 Å². The third-order valence-electron chi connectivity index (χ3n) is 5.37. The molecule has 1 unspecified atom stereocenters. The number of ether oxygens (including phenoxy) is 1. The first-order valence-corrected chi connectivity index (χ1v) is 12.7. The Morgan fingerprint density at radius 1 is 1.32 bits per heavy atom. The number of hydrogen-bond acceptors (Lipinski definition) is 5. The molecule has 1 aliphatic rings. The van der Waals surface area contributed by atoms with Gasteiger partial charge in [0.1, 0.15) is 18.2 Å². The summed E-state index contributed by atoms with van der Waals surface area (Å²) in [4.78, 5) is 17.9. The van der Waals surface area contributed by atoms with Gasteiger partial charge in [0.15, 0.2) is 9.84 Å². The van der Waals surface area contributed by atoms with Gasteiger partial charge < -0.3 is 15.0 Å². The molecule has 1 aliphatic heterocycles. The number of benzene rings is 1. The zero-order valence-electron chi connectivity index (χ0n) is 18.2. The van der Waals surface area contributed by atoms with Crippen LogP contribution in [0.5, 0.6) is 5.75 Å². The first-order chi connectivity index (χ1) is 15.9. The van der Waals surface area contributed by atoms with Crippen LogP contribution >= 0.6 is 23.2 Å². The van der Waals surface area contributed by atoms with Crippen LogP contribution in [0.15, 0.2) is 24.4 Å². The molecule has 1 aromatic carbocycles. The summed E-state index contributed by atoms with van der Waals surface area (Å²) in [5, 5.41) is 2.77. The van der Waals surface area contributed by atoms with Gasteiger partial charge in [-0.05, 0) is 31.5 Å². The first kappa shape index (κ1) is 26.4. The second-order valence-electron chi connectivity index (χ2n) is 7.90. The van der Waals surface area contributed by atoms with Crippen LogP contribution in [0.25, 0.3) is 11.1 Å². The Labute approximate surface area is 205 Å². The predicted molar refractivity (Wildman–Crippen MR) is 123 cm³/mol. The minimum absolute atomic E-state index is 0.0129. The summed E-state index contributed by atoms with van der Waals surface area (Å²) in [5.41, 5.74) is 0.282. The van der Waals surface area contributed by atoms with Gasteiger partial charge in [0.25, 0.3) is 6.43 Å². The Kier molecular flexibility index (Phi) is 8.20. The third kappa shape index (κ3) is 6.25. The minimum Gasteiger partial charge on any atom is -0.485 e. The van der Waals surface area contributed by atoms with Crippen LogP contribution in [0.4, 0.5) is 18.0 Å². The van der Waals surface area contributed by atoms with E-state index in [0.29, 0.717) is 6.42 Å². The molecule has 13 heteroatoms. The highest BCUT2D eigenvalue weighted by Gasteiger charge is 2.33. The minimum atomic E-state index is -3.18.